The summed E-state index contributed by atoms with van der Waals surface area (Å²) < 4.78 is 4.21. The molecule has 2 aromatic heterocycles. The van der Waals surface area contributed by atoms with Gasteiger partial charge in [-0.25, -0.2) is 0 Å². The van der Waals surface area contributed by atoms with Crippen LogP contribution in [-0.4, -0.2) is 54.0 Å². The second-order valence-electron chi connectivity index (χ2n) is 6.75. The van der Waals surface area contributed by atoms with Gasteiger partial charge in [-0.2, -0.15) is 5.10 Å². The first-order valence-corrected chi connectivity index (χ1v) is 8.61. The van der Waals surface area contributed by atoms with E-state index in [0.29, 0.717) is 0 Å². The van der Waals surface area contributed by atoms with Crippen LogP contribution in [0.25, 0.3) is 0 Å². The summed E-state index contributed by atoms with van der Waals surface area (Å²) in [5.74, 6) is 2.26. The smallest absolute Gasteiger partial charge is 0.147 e. The first kappa shape index (κ1) is 14.8. The van der Waals surface area contributed by atoms with Gasteiger partial charge in [0.1, 0.15) is 11.6 Å². The fourth-order valence-corrected chi connectivity index (χ4v) is 3.68. The van der Waals surface area contributed by atoms with Crippen molar-refractivity contribution in [2.75, 3.05) is 19.6 Å². The highest BCUT2D eigenvalue weighted by Crippen LogP contribution is 2.17. The summed E-state index contributed by atoms with van der Waals surface area (Å²) in [4.78, 5) is 4.94. The van der Waals surface area contributed by atoms with Gasteiger partial charge in [0.15, 0.2) is 0 Å². The van der Waals surface area contributed by atoms with E-state index >= 15 is 0 Å². The average molecular weight is 315 g/mol. The number of aryl methyl sites for hydroxylation is 1. The molecule has 0 radical (unpaired) electrons. The van der Waals surface area contributed by atoms with Crippen molar-refractivity contribution in [1.82, 2.24) is 34.3 Å². The highest BCUT2D eigenvalue weighted by Gasteiger charge is 2.22. The Hall–Kier alpha value is -1.73. The molecule has 0 aromatic carbocycles. The Morgan fingerprint density at radius 3 is 2.57 bits per heavy atom. The molecule has 1 fully saturated rings. The van der Waals surface area contributed by atoms with E-state index in [9.17, 15) is 0 Å². The van der Waals surface area contributed by atoms with E-state index in [4.69, 9.17) is 0 Å². The molecule has 0 bridgehead atoms. The van der Waals surface area contributed by atoms with Gasteiger partial charge >= 0.3 is 0 Å². The highest BCUT2D eigenvalue weighted by atomic mass is 15.3. The second-order valence-corrected chi connectivity index (χ2v) is 6.75. The first-order valence-electron chi connectivity index (χ1n) is 8.61. The van der Waals surface area contributed by atoms with Crippen LogP contribution in [0.5, 0.6) is 0 Å². The molecule has 0 atom stereocenters. The number of fused-ring (bicyclic) bond motifs is 1. The number of hydrogen-bond acceptors (Lipinski definition) is 5. The normalized spacial score (nSPS) is 19.9. The molecule has 2 aliphatic rings. The number of aromatic nitrogens is 5. The van der Waals surface area contributed by atoms with Crippen molar-refractivity contribution >= 4 is 0 Å². The maximum atomic E-state index is 4.48. The van der Waals surface area contributed by atoms with Crippen LogP contribution in [0.4, 0.5) is 0 Å². The Kier molecular flexibility index (Phi) is 4.13. The van der Waals surface area contributed by atoms with Crippen molar-refractivity contribution in [3.63, 3.8) is 0 Å². The summed E-state index contributed by atoms with van der Waals surface area (Å²) >= 11 is 0. The largest absolute Gasteiger partial charge is 0.313 e. The molecule has 23 heavy (non-hydrogen) atoms. The third-order valence-corrected chi connectivity index (χ3v) is 4.85. The Morgan fingerprint density at radius 2 is 1.78 bits per heavy atom. The van der Waals surface area contributed by atoms with E-state index in [1.165, 1.54) is 31.5 Å². The Morgan fingerprint density at radius 1 is 0.957 bits per heavy atom. The summed E-state index contributed by atoms with van der Waals surface area (Å²) in [5, 5.41) is 13.2. The molecule has 7 heteroatoms. The van der Waals surface area contributed by atoms with Gasteiger partial charge in [-0.3, -0.25) is 14.5 Å². The third kappa shape index (κ3) is 3.30. The van der Waals surface area contributed by atoms with Crippen LogP contribution in [0, 0.1) is 0 Å². The topological polar surface area (TPSA) is 55.0 Å². The van der Waals surface area contributed by atoms with Crippen LogP contribution < -0.4 is 0 Å². The number of rotatable bonds is 4. The zero-order valence-corrected chi connectivity index (χ0v) is 13.9. The standard InChI is InChI=1S/C16H25N7/c1-20-10-14(9-17-20)11-22-7-4-8-23-15(18-19-16(23)13-22)12-21-5-2-3-6-21/h9-10H,2-8,11-13H2,1H3. The average Bonchev–Trinajstić information content (AvgIpc) is 3.23. The lowest BCUT2D eigenvalue weighted by Gasteiger charge is -2.17. The maximum Gasteiger partial charge on any atom is 0.147 e. The van der Waals surface area contributed by atoms with Crippen LogP contribution in [0.1, 0.15) is 36.5 Å². The van der Waals surface area contributed by atoms with Crippen molar-refractivity contribution < 1.29 is 0 Å². The molecule has 1 saturated heterocycles. The Labute approximate surface area is 136 Å². The van der Waals surface area contributed by atoms with Crippen molar-refractivity contribution in [1.29, 1.82) is 0 Å². The van der Waals surface area contributed by atoms with Gasteiger partial charge in [-0.15, -0.1) is 10.2 Å². The van der Waals surface area contributed by atoms with Crippen molar-refractivity contribution in [3.8, 4) is 0 Å². The molecule has 7 nitrogen and oxygen atoms in total. The first-order chi connectivity index (χ1) is 11.3. The maximum absolute atomic E-state index is 4.48. The van der Waals surface area contributed by atoms with Gasteiger partial charge in [0, 0.05) is 38.4 Å². The molecule has 0 spiro atoms. The Bertz CT molecular complexity index is 653. The molecule has 0 saturated carbocycles. The fraction of sp³-hybridized carbons (Fsp3) is 0.688. The van der Waals surface area contributed by atoms with E-state index < -0.39 is 0 Å². The molecular formula is C16H25N7. The highest BCUT2D eigenvalue weighted by molar-refractivity contribution is 5.05. The SMILES string of the molecule is Cn1cc(CN2CCCn3c(CN4CCCC4)nnc3C2)cn1. The zero-order valence-electron chi connectivity index (χ0n) is 13.9. The molecule has 0 N–H and O–H groups in total. The molecule has 4 rings (SSSR count). The van der Waals surface area contributed by atoms with Crippen molar-refractivity contribution in [2.45, 2.75) is 45.4 Å². The Balaban J connectivity index is 1.45. The quantitative estimate of drug-likeness (QED) is 0.843. The monoisotopic (exact) mass is 315 g/mol. The summed E-state index contributed by atoms with van der Waals surface area (Å²) in [6, 6.07) is 0. The van der Waals surface area contributed by atoms with Crippen LogP contribution in [-0.2, 0) is 33.2 Å². The van der Waals surface area contributed by atoms with E-state index in [2.05, 4.69) is 35.9 Å². The summed E-state index contributed by atoms with van der Waals surface area (Å²) in [7, 11) is 1.97. The van der Waals surface area contributed by atoms with Crippen molar-refractivity contribution in [3.05, 3.63) is 29.6 Å². The number of likely N-dealkylation sites (tertiary alicyclic amines) is 1. The minimum absolute atomic E-state index is 0.877. The van der Waals surface area contributed by atoms with E-state index in [-0.39, 0.29) is 0 Å². The summed E-state index contributed by atoms with van der Waals surface area (Å²) in [6.45, 7) is 7.31. The lowest BCUT2D eigenvalue weighted by Crippen LogP contribution is -2.23. The van der Waals surface area contributed by atoms with Crippen molar-refractivity contribution in [2.24, 2.45) is 7.05 Å². The molecule has 4 heterocycles. The van der Waals surface area contributed by atoms with Crippen LogP contribution in [0.3, 0.4) is 0 Å². The molecule has 0 unspecified atom stereocenters. The lowest BCUT2D eigenvalue weighted by molar-refractivity contribution is 0.257. The minimum Gasteiger partial charge on any atom is -0.313 e. The molecule has 124 valence electrons. The van der Waals surface area contributed by atoms with Gasteiger partial charge < -0.3 is 4.57 Å². The number of hydrogen-bond donors (Lipinski definition) is 0. The molecule has 0 aliphatic carbocycles. The molecule has 2 aromatic rings. The minimum atomic E-state index is 0.877. The van der Waals surface area contributed by atoms with Gasteiger partial charge in [0.2, 0.25) is 0 Å². The fourth-order valence-electron chi connectivity index (χ4n) is 3.68. The van der Waals surface area contributed by atoms with Gasteiger partial charge in [-0.1, -0.05) is 0 Å². The molecular weight excluding hydrogens is 290 g/mol. The lowest BCUT2D eigenvalue weighted by atomic mass is 10.3. The predicted octanol–water partition coefficient (Wildman–Crippen LogP) is 1.01. The molecule has 0 amide bonds. The van der Waals surface area contributed by atoms with Crippen LogP contribution in [0.15, 0.2) is 12.4 Å². The summed E-state index contributed by atoms with van der Waals surface area (Å²) in [6.07, 6.45) is 7.83. The van der Waals surface area contributed by atoms with Gasteiger partial charge in [-0.05, 0) is 32.4 Å². The van der Waals surface area contributed by atoms with E-state index in [0.717, 1.165) is 50.8 Å². The van der Waals surface area contributed by atoms with E-state index in [1.54, 1.807) is 0 Å². The zero-order chi connectivity index (χ0) is 15.6. The summed E-state index contributed by atoms with van der Waals surface area (Å²) in [5.41, 5.74) is 1.26. The predicted molar refractivity (Wildman–Crippen MR) is 86.5 cm³/mol. The van der Waals surface area contributed by atoms with Gasteiger partial charge in [0.05, 0.1) is 19.3 Å². The van der Waals surface area contributed by atoms with Crippen LogP contribution in [0.2, 0.25) is 0 Å². The van der Waals surface area contributed by atoms with Crippen LogP contribution >= 0.6 is 0 Å². The number of nitrogens with zero attached hydrogens (tertiary/aromatic N) is 7. The third-order valence-electron chi connectivity index (χ3n) is 4.85. The van der Waals surface area contributed by atoms with E-state index in [1.807, 2.05) is 17.9 Å². The second kappa shape index (κ2) is 6.41. The van der Waals surface area contributed by atoms with Gasteiger partial charge in [0.25, 0.3) is 0 Å². The molecule has 2 aliphatic heterocycles.